The van der Waals surface area contributed by atoms with Gasteiger partial charge in [-0.05, 0) is 18.6 Å². The van der Waals surface area contributed by atoms with E-state index in [2.05, 4.69) is 10.4 Å². The van der Waals surface area contributed by atoms with E-state index in [9.17, 15) is 9.59 Å². The van der Waals surface area contributed by atoms with Crippen molar-refractivity contribution >= 4 is 5.91 Å². The molecule has 2 rings (SSSR count). The molecule has 116 valence electrons. The van der Waals surface area contributed by atoms with Gasteiger partial charge >= 0.3 is 0 Å². The van der Waals surface area contributed by atoms with Crippen LogP contribution < -0.4 is 10.9 Å². The van der Waals surface area contributed by atoms with Gasteiger partial charge in [0.2, 0.25) is 0 Å². The molecule has 1 amide bonds. The maximum absolute atomic E-state index is 12.1. The van der Waals surface area contributed by atoms with E-state index in [0.29, 0.717) is 19.7 Å². The van der Waals surface area contributed by atoms with Crippen LogP contribution in [-0.4, -0.2) is 29.4 Å². The van der Waals surface area contributed by atoms with E-state index < -0.39 is 0 Å². The Labute approximate surface area is 128 Å². The summed E-state index contributed by atoms with van der Waals surface area (Å²) < 4.78 is 6.14. The summed E-state index contributed by atoms with van der Waals surface area (Å²) in [6.45, 7) is 3.10. The Morgan fingerprint density at radius 1 is 1.23 bits per heavy atom. The third-order valence-corrected chi connectivity index (χ3v) is 3.18. The number of hydrogen-bond acceptors (Lipinski definition) is 4. The molecule has 0 radical (unpaired) electrons. The second-order valence-electron chi connectivity index (χ2n) is 4.94. The molecular weight excluding hydrogens is 282 g/mol. The van der Waals surface area contributed by atoms with Crippen molar-refractivity contribution in [3.05, 3.63) is 63.6 Å². The summed E-state index contributed by atoms with van der Waals surface area (Å²) in [7, 11) is 1.54. The maximum Gasteiger partial charge on any atom is 0.271 e. The summed E-state index contributed by atoms with van der Waals surface area (Å²) in [6.07, 6.45) is 0. The zero-order valence-corrected chi connectivity index (χ0v) is 12.7. The number of methoxy groups -OCH3 is 1. The van der Waals surface area contributed by atoms with Crippen LogP contribution in [0.1, 0.15) is 21.6 Å². The standard InChI is InChI=1S/C16H19N3O3/c1-12-3-5-13(6-4-12)11-17-16(21)14-7-8-15(20)19(18-14)9-10-22-2/h3-8H,9-11H2,1-2H3,(H,17,21). The second kappa shape index (κ2) is 7.51. The molecular formula is C16H19N3O3. The van der Waals surface area contributed by atoms with Crippen molar-refractivity contribution in [2.45, 2.75) is 20.0 Å². The van der Waals surface area contributed by atoms with E-state index >= 15 is 0 Å². The van der Waals surface area contributed by atoms with Gasteiger partial charge in [-0.15, -0.1) is 0 Å². The fraction of sp³-hybridized carbons (Fsp3) is 0.312. The lowest BCUT2D eigenvalue weighted by Gasteiger charge is -2.08. The van der Waals surface area contributed by atoms with Crippen molar-refractivity contribution in [2.24, 2.45) is 0 Å². The number of hydrogen-bond donors (Lipinski definition) is 1. The number of aryl methyl sites for hydroxylation is 1. The minimum atomic E-state index is -0.313. The number of carbonyl (C=O) groups excluding carboxylic acids is 1. The molecule has 0 aliphatic heterocycles. The van der Waals surface area contributed by atoms with Gasteiger partial charge in [0, 0.05) is 19.7 Å². The van der Waals surface area contributed by atoms with Crippen molar-refractivity contribution in [2.75, 3.05) is 13.7 Å². The van der Waals surface area contributed by atoms with Crippen LogP contribution in [0.5, 0.6) is 0 Å². The van der Waals surface area contributed by atoms with E-state index in [1.54, 1.807) is 7.11 Å². The Morgan fingerprint density at radius 3 is 2.64 bits per heavy atom. The molecule has 6 nitrogen and oxygen atoms in total. The van der Waals surface area contributed by atoms with Crippen LogP contribution in [0.2, 0.25) is 0 Å². The summed E-state index contributed by atoms with van der Waals surface area (Å²) in [5, 5.41) is 6.84. The van der Waals surface area contributed by atoms with Crippen LogP contribution >= 0.6 is 0 Å². The topological polar surface area (TPSA) is 73.2 Å². The summed E-state index contributed by atoms with van der Waals surface area (Å²) >= 11 is 0. The monoisotopic (exact) mass is 301 g/mol. The molecule has 2 aromatic rings. The highest BCUT2D eigenvalue weighted by Crippen LogP contribution is 2.03. The molecule has 1 N–H and O–H groups in total. The van der Waals surface area contributed by atoms with Gasteiger partial charge < -0.3 is 10.1 Å². The Kier molecular flexibility index (Phi) is 5.43. The first kappa shape index (κ1) is 15.9. The number of benzene rings is 1. The minimum Gasteiger partial charge on any atom is -0.383 e. The molecule has 1 heterocycles. The van der Waals surface area contributed by atoms with Gasteiger partial charge in [0.25, 0.3) is 11.5 Å². The number of rotatable bonds is 6. The average Bonchev–Trinajstić information content (AvgIpc) is 2.53. The van der Waals surface area contributed by atoms with Crippen LogP contribution in [0.4, 0.5) is 0 Å². The Hall–Kier alpha value is -2.47. The van der Waals surface area contributed by atoms with Gasteiger partial charge in [-0.3, -0.25) is 9.59 Å². The molecule has 1 aromatic heterocycles. The first-order valence-corrected chi connectivity index (χ1v) is 7.01. The fourth-order valence-electron chi connectivity index (χ4n) is 1.89. The summed E-state index contributed by atoms with van der Waals surface area (Å²) in [5.41, 5.74) is 2.13. The predicted octanol–water partition coefficient (Wildman–Crippen LogP) is 1.13. The number of ether oxygens (including phenoxy) is 1. The lowest BCUT2D eigenvalue weighted by molar-refractivity contribution is 0.0942. The third-order valence-electron chi connectivity index (χ3n) is 3.18. The van der Waals surface area contributed by atoms with Crippen LogP contribution in [0.15, 0.2) is 41.2 Å². The van der Waals surface area contributed by atoms with E-state index in [1.807, 2.05) is 31.2 Å². The van der Waals surface area contributed by atoms with E-state index in [1.165, 1.54) is 22.4 Å². The molecule has 1 aromatic carbocycles. The Bertz CT molecular complexity index is 693. The van der Waals surface area contributed by atoms with Crippen molar-refractivity contribution in [1.82, 2.24) is 15.1 Å². The fourth-order valence-corrected chi connectivity index (χ4v) is 1.89. The predicted molar refractivity (Wildman–Crippen MR) is 82.7 cm³/mol. The molecule has 0 saturated carbocycles. The highest BCUT2D eigenvalue weighted by atomic mass is 16.5. The van der Waals surface area contributed by atoms with Gasteiger partial charge in [0.15, 0.2) is 0 Å². The van der Waals surface area contributed by atoms with Gasteiger partial charge in [0.05, 0.1) is 13.2 Å². The van der Waals surface area contributed by atoms with E-state index in [0.717, 1.165) is 5.56 Å². The van der Waals surface area contributed by atoms with E-state index in [4.69, 9.17) is 4.74 Å². The summed E-state index contributed by atoms with van der Waals surface area (Å²) in [5.74, 6) is -0.313. The second-order valence-corrected chi connectivity index (χ2v) is 4.94. The SMILES string of the molecule is COCCn1nc(C(=O)NCc2ccc(C)cc2)ccc1=O. The molecule has 0 bridgehead atoms. The van der Waals surface area contributed by atoms with Crippen LogP contribution in [0, 0.1) is 6.92 Å². The average molecular weight is 301 g/mol. The van der Waals surface area contributed by atoms with Crippen LogP contribution in [0.25, 0.3) is 0 Å². The molecule has 0 unspecified atom stereocenters. The number of amides is 1. The zero-order valence-electron chi connectivity index (χ0n) is 12.7. The Morgan fingerprint density at radius 2 is 1.95 bits per heavy atom. The van der Waals surface area contributed by atoms with Crippen LogP contribution in [0.3, 0.4) is 0 Å². The smallest absolute Gasteiger partial charge is 0.271 e. The number of carbonyl (C=O) groups is 1. The molecule has 0 aliphatic rings. The first-order chi connectivity index (χ1) is 10.6. The van der Waals surface area contributed by atoms with Gasteiger partial charge in [-0.2, -0.15) is 5.10 Å². The molecule has 22 heavy (non-hydrogen) atoms. The van der Waals surface area contributed by atoms with Gasteiger partial charge in [0.1, 0.15) is 5.69 Å². The Balaban J connectivity index is 2.02. The first-order valence-electron chi connectivity index (χ1n) is 7.01. The highest BCUT2D eigenvalue weighted by Gasteiger charge is 2.09. The normalized spacial score (nSPS) is 10.5. The van der Waals surface area contributed by atoms with Crippen molar-refractivity contribution in [1.29, 1.82) is 0 Å². The van der Waals surface area contributed by atoms with E-state index in [-0.39, 0.29) is 17.2 Å². The molecule has 0 saturated heterocycles. The lowest BCUT2D eigenvalue weighted by Crippen LogP contribution is -2.30. The zero-order chi connectivity index (χ0) is 15.9. The van der Waals surface area contributed by atoms with Crippen molar-refractivity contribution in [3.8, 4) is 0 Å². The molecule has 0 spiro atoms. The minimum absolute atomic E-state index is 0.211. The molecule has 0 aliphatic carbocycles. The maximum atomic E-state index is 12.1. The number of nitrogens with zero attached hydrogens (tertiary/aromatic N) is 2. The number of aromatic nitrogens is 2. The quantitative estimate of drug-likeness (QED) is 0.868. The molecule has 0 fully saturated rings. The summed E-state index contributed by atoms with van der Waals surface area (Å²) in [6, 6.07) is 10.7. The van der Waals surface area contributed by atoms with Gasteiger partial charge in [-0.1, -0.05) is 29.8 Å². The highest BCUT2D eigenvalue weighted by molar-refractivity contribution is 5.91. The molecule has 6 heteroatoms. The number of nitrogens with one attached hydrogen (secondary N) is 1. The van der Waals surface area contributed by atoms with Crippen LogP contribution in [-0.2, 0) is 17.8 Å². The van der Waals surface area contributed by atoms with Crippen molar-refractivity contribution < 1.29 is 9.53 Å². The van der Waals surface area contributed by atoms with Gasteiger partial charge in [-0.25, -0.2) is 4.68 Å². The van der Waals surface area contributed by atoms with Crippen molar-refractivity contribution in [3.63, 3.8) is 0 Å². The summed E-state index contributed by atoms with van der Waals surface area (Å²) in [4.78, 5) is 23.7. The molecule has 0 atom stereocenters. The largest absolute Gasteiger partial charge is 0.383 e. The lowest BCUT2D eigenvalue weighted by atomic mass is 10.1. The third kappa shape index (κ3) is 4.26.